The summed E-state index contributed by atoms with van der Waals surface area (Å²) in [5.41, 5.74) is 2.71. The molecule has 17 heavy (non-hydrogen) atoms. The summed E-state index contributed by atoms with van der Waals surface area (Å²) in [6, 6.07) is 4.96. The highest BCUT2D eigenvalue weighted by molar-refractivity contribution is 7.89. The van der Waals surface area contributed by atoms with E-state index in [2.05, 4.69) is 5.43 Å². The Kier molecular flexibility index (Phi) is 3.96. The number of benzene rings is 1. The third kappa shape index (κ3) is 4.21. The van der Waals surface area contributed by atoms with E-state index < -0.39 is 22.7 Å². The van der Waals surface area contributed by atoms with Gasteiger partial charge in [-0.1, -0.05) is 0 Å². The van der Waals surface area contributed by atoms with Gasteiger partial charge in [-0.25, -0.2) is 13.1 Å². The second-order valence-corrected chi connectivity index (χ2v) is 4.88. The predicted octanol–water partition coefficient (Wildman–Crippen LogP) is 0.813. The van der Waals surface area contributed by atoms with Gasteiger partial charge in [0.2, 0.25) is 10.0 Å². The Balaban J connectivity index is 2.82. The molecule has 0 bridgehead atoms. The number of sulfonamides is 1. The van der Waals surface area contributed by atoms with Gasteiger partial charge in [-0.3, -0.25) is 5.84 Å². The van der Waals surface area contributed by atoms with Crippen molar-refractivity contribution in [3.63, 3.8) is 0 Å². The van der Waals surface area contributed by atoms with Crippen LogP contribution in [0.4, 0.5) is 18.9 Å². The molecule has 0 heterocycles. The van der Waals surface area contributed by atoms with Crippen molar-refractivity contribution in [2.45, 2.75) is 11.1 Å². The third-order valence-electron chi connectivity index (χ3n) is 1.79. The van der Waals surface area contributed by atoms with E-state index in [0.29, 0.717) is 5.69 Å². The molecule has 0 saturated heterocycles. The summed E-state index contributed by atoms with van der Waals surface area (Å²) < 4.78 is 59.9. The first-order valence-corrected chi connectivity index (χ1v) is 5.86. The maximum atomic E-state index is 11.9. The number of hydrazine groups is 1. The lowest BCUT2D eigenvalue weighted by Gasteiger charge is -2.09. The van der Waals surface area contributed by atoms with Crippen LogP contribution in [-0.2, 0) is 10.0 Å². The van der Waals surface area contributed by atoms with Crippen LogP contribution in [0.3, 0.4) is 0 Å². The molecule has 0 aliphatic carbocycles. The van der Waals surface area contributed by atoms with Crippen LogP contribution in [0.1, 0.15) is 0 Å². The van der Waals surface area contributed by atoms with Gasteiger partial charge in [-0.2, -0.15) is 13.2 Å². The molecule has 0 spiro atoms. The quantitative estimate of drug-likeness (QED) is 0.558. The molecule has 96 valence electrons. The lowest BCUT2D eigenvalue weighted by atomic mass is 10.3. The molecule has 0 aliphatic rings. The van der Waals surface area contributed by atoms with Crippen LogP contribution in [0.2, 0.25) is 0 Å². The van der Waals surface area contributed by atoms with E-state index in [1.54, 1.807) is 0 Å². The van der Waals surface area contributed by atoms with Crippen molar-refractivity contribution < 1.29 is 21.6 Å². The van der Waals surface area contributed by atoms with Crippen molar-refractivity contribution in [3.05, 3.63) is 24.3 Å². The Hall–Kier alpha value is -1.32. The maximum absolute atomic E-state index is 11.9. The minimum absolute atomic E-state index is 0.263. The highest BCUT2D eigenvalue weighted by atomic mass is 32.2. The molecule has 1 aromatic carbocycles. The summed E-state index contributed by atoms with van der Waals surface area (Å²) in [6.45, 7) is -1.60. The molecule has 0 radical (unpaired) electrons. The summed E-state index contributed by atoms with van der Waals surface area (Å²) in [4.78, 5) is -0.263. The fraction of sp³-hybridized carbons (Fsp3) is 0.250. The SMILES string of the molecule is NNc1ccc(S(=O)(=O)NCC(F)(F)F)cc1. The van der Waals surface area contributed by atoms with Gasteiger partial charge in [-0.15, -0.1) is 0 Å². The van der Waals surface area contributed by atoms with E-state index in [0.717, 1.165) is 12.1 Å². The van der Waals surface area contributed by atoms with Crippen LogP contribution in [-0.4, -0.2) is 21.1 Å². The van der Waals surface area contributed by atoms with Crippen LogP contribution >= 0.6 is 0 Å². The number of nitrogens with one attached hydrogen (secondary N) is 2. The molecule has 0 unspecified atom stereocenters. The number of hydrogen-bond donors (Lipinski definition) is 3. The fourth-order valence-electron chi connectivity index (χ4n) is 0.990. The fourth-order valence-corrected chi connectivity index (χ4v) is 2.01. The summed E-state index contributed by atoms with van der Waals surface area (Å²) in [5, 5.41) is 0. The van der Waals surface area contributed by atoms with E-state index in [4.69, 9.17) is 5.84 Å². The predicted molar refractivity (Wildman–Crippen MR) is 55.5 cm³/mol. The van der Waals surface area contributed by atoms with Crippen LogP contribution in [0.5, 0.6) is 0 Å². The van der Waals surface area contributed by atoms with Gasteiger partial charge in [0, 0.05) is 5.69 Å². The third-order valence-corrected chi connectivity index (χ3v) is 3.21. The molecule has 0 aromatic heterocycles. The number of alkyl halides is 3. The number of hydrogen-bond acceptors (Lipinski definition) is 4. The van der Waals surface area contributed by atoms with Crippen molar-refractivity contribution in [1.29, 1.82) is 0 Å². The number of nitrogens with two attached hydrogens (primary N) is 1. The maximum Gasteiger partial charge on any atom is 0.402 e. The van der Waals surface area contributed by atoms with Crippen LogP contribution < -0.4 is 16.0 Å². The van der Waals surface area contributed by atoms with Gasteiger partial charge >= 0.3 is 6.18 Å². The zero-order valence-electron chi connectivity index (χ0n) is 8.45. The van der Waals surface area contributed by atoms with Gasteiger partial charge in [0.25, 0.3) is 0 Å². The van der Waals surface area contributed by atoms with E-state index in [9.17, 15) is 21.6 Å². The highest BCUT2D eigenvalue weighted by Crippen LogP contribution is 2.16. The van der Waals surface area contributed by atoms with E-state index in [1.165, 1.54) is 16.9 Å². The second kappa shape index (κ2) is 4.90. The van der Waals surface area contributed by atoms with Gasteiger partial charge in [0.15, 0.2) is 0 Å². The van der Waals surface area contributed by atoms with Crippen molar-refractivity contribution in [2.75, 3.05) is 12.0 Å². The average Bonchev–Trinajstić information content (AvgIpc) is 2.26. The minimum Gasteiger partial charge on any atom is -0.324 e. The standard InChI is InChI=1S/C8H10F3N3O2S/c9-8(10,11)5-13-17(15,16)7-3-1-6(14-12)2-4-7/h1-4,13-14H,5,12H2. The highest BCUT2D eigenvalue weighted by Gasteiger charge is 2.29. The molecule has 1 aromatic rings. The number of halogens is 3. The smallest absolute Gasteiger partial charge is 0.324 e. The minimum atomic E-state index is -4.59. The number of rotatable bonds is 4. The zero-order chi connectivity index (χ0) is 13.1. The van der Waals surface area contributed by atoms with Gasteiger partial charge < -0.3 is 5.43 Å². The van der Waals surface area contributed by atoms with E-state index >= 15 is 0 Å². The molecular weight excluding hydrogens is 259 g/mol. The summed E-state index contributed by atoms with van der Waals surface area (Å²) >= 11 is 0. The summed E-state index contributed by atoms with van der Waals surface area (Å²) in [5.74, 6) is 5.06. The summed E-state index contributed by atoms with van der Waals surface area (Å²) in [7, 11) is -4.16. The van der Waals surface area contributed by atoms with Crippen molar-refractivity contribution in [3.8, 4) is 0 Å². The Morgan fingerprint density at radius 2 is 1.71 bits per heavy atom. The van der Waals surface area contributed by atoms with Crippen LogP contribution in [0.25, 0.3) is 0 Å². The molecule has 0 fully saturated rings. The first kappa shape index (κ1) is 13.7. The average molecular weight is 269 g/mol. The first-order chi connectivity index (χ1) is 7.74. The first-order valence-electron chi connectivity index (χ1n) is 4.38. The largest absolute Gasteiger partial charge is 0.402 e. The van der Waals surface area contributed by atoms with Crippen molar-refractivity contribution >= 4 is 15.7 Å². The van der Waals surface area contributed by atoms with Gasteiger partial charge in [0.1, 0.15) is 6.54 Å². The van der Waals surface area contributed by atoms with E-state index in [-0.39, 0.29) is 4.90 Å². The van der Waals surface area contributed by atoms with Crippen LogP contribution in [0.15, 0.2) is 29.2 Å². The molecule has 0 atom stereocenters. The second-order valence-electron chi connectivity index (χ2n) is 3.11. The zero-order valence-corrected chi connectivity index (χ0v) is 9.27. The Bertz CT molecular complexity index is 470. The normalized spacial score (nSPS) is 12.5. The lowest BCUT2D eigenvalue weighted by Crippen LogP contribution is -2.33. The van der Waals surface area contributed by atoms with Crippen molar-refractivity contribution in [2.24, 2.45) is 5.84 Å². The molecular formula is C8H10F3N3O2S. The molecule has 0 saturated carbocycles. The summed E-state index contributed by atoms with van der Waals surface area (Å²) in [6.07, 6.45) is -4.59. The van der Waals surface area contributed by atoms with Crippen molar-refractivity contribution in [1.82, 2.24) is 4.72 Å². The van der Waals surface area contributed by atoms with Crippen LogP contribution in [0, 0.1) is 0 Å². The molecule has 9 heteroatoms. The molecule has 0 amide bonds. The molecule has 0 aliphatic heterocycles. The lowest BCUT2D eigenvalue weighted by molar-refractivity contribution is -0.121. The number of nitrogen functional groups attached to an aromatic ring is 1. The Morgan fingerprint density at radius 3 is 2.12 bits per heavy atom. The molecule has 5 nitrogen and oxygen atoms in total. The van der Waals surface area contributed by atoms with Gasteiger partial charge in [0.05, 0.1) is 4.90 Å². The topological polar surface area (TPSA) is 84.2 Å². The molecule has 4 N–H and O–H groups in total. The molecule has 1 rings (SSSR count). The monoisotopic (exact) mass is 269 g/mol. The Morgan fingerprint density at radius 1 is 1.18 bits per heavy atom. The number of anilines is 1. The van der Waals surface area contributed by atoms with E-state index in [1.807, 2.05) is 0 Å². The van der Waals surface area contributed by atoms with Gasteiger partial charge in [-0.05, 0) is 24.3 Å². The Labute approximate surface area is 95.8 Å².